The summed E-state index contributed by atoms with van der Waals surface area (Å²) in [6, 6.07) is 0. The van der Waals surface area contributed by atoms with Crippen molar-refractivity contribution in [1.29, 1.82) is 0 Å². The average molecular weight is 182 g/mol. The van der Waals surface area contributed by atoms with Gasteiger partial charge in [0.05, 0.1) is 0 Å². The normalized spacial score (nSPS) is 28.3. The number of ketones is 1. The minimum absolute atomic E-state index is 0.442. The second-order valence-electron chi connectivity index (χ2n) is 5.50. The van der Waals surface area contributed by atoms with E-state index in [1.165, 1.54) is 12.8 Å². The molecule has 1 aliphatic carbocycles. The molecule has 0 aliphatic heterocycles. The average Bonchev–Trinajstić information content (AvgIpc) is 1.92. The summed E-state index contributed by atoms with van der Waals surface area (Å²) in [6.45, 7) is 8.86. The van der Waals surface area contributed by atoms with Crippen LogP contribution in [0.5, 0.6) is 0 Å². The van der Waals surface area contributed by atoms with Crippen LogP contribution in [0.1, 0.15) is 53.4 Å². The van der Waals surface area contributed by atoms with E-state index in [1.54, 1.807) is 0 Å². The van der Waals surface area contributed by atoms with Gasteiger partial charge in [0.15, 0.2) is 0 Å². The minimum Gasteiger partial charge on any atom is -0.300 e. The largest absolute Gasteiger partial charge is 0.300 e. The lowest BCUT2D eigenvalue weighted by molar-refractivity contribution is -0.121. The first-order valence-electron chi connectivity index (χ1n) is 5.45. The third-order valence-electron chi connectivity index (χ3n) is 3.37. The van der Waals surface area contributed by atoms with Crippen LogP contribution in [-0.2, 0) is 4.79 Å². The fraction of sp³-hybridized carbons (Fsp3) is 0.917. The van der Waals surface area contributed by atoms with Gasteiger partial charge in [0.2, 0.25) is 0 Å². The molecule has 1 nitrogen and oxygen atoms in total. The zero-order valence-corrected chi connectivity index (χ0v) is 9.39. The van der Waals surface area contributed by atoms with Crippen molar-refractivity contribution in [2.45, 2.75) is 53.4 Å². The lowest BCUT2D eigenvalue weighted by Crippen LogP contribution is -2.34. The van der Waals surface area contributed by atoms with Crippen LogP contribution in [0.25, 0.3) is 0 Å². The first kappa shape index (κ1) is 10.7. The second-order valence-corrected chi connectivity index (χ2v) is 5.50. The van der Waals surface area contributed by atoms with Crippen LogP contribution < -0.4 is 0 Å². The quantitative estimate of drug-likeness (QED) is 0.653. The van der Waals surface area contributed by atoms with Gasteiger partial charge in [-0.25, -0.2) is 0 Å². The Bertz CT molecular complexity index is 182. The van der Waals surface area contributed by atoms with Crippen molar-refractivity contribution in [3.05, 3.63) is 0 Å². The molecule has 1 aliphatic rings. The molecule has 0 amide bonds. The molecule has 0 heterocycles. The second kappa shape index (κ2) is 3.81. The maximum absolute atomic E-state index is 11.2. The van der Waals surface area contributed by atoms with Crippen LogP contribution in [0.4, 0.5) is 0 Å². The highest BCUT2D eigenvalue weighted by atomic mass is 16.1. The molecule has 1 heteroatoms. The molecule has 0 unspecified atom stereocenters. The molecule has 1 saturated carbocycles. The number of hydrogen-bond donors (Lipinski definition) is 0. The molecule has 0 aromatic heterocycles. The predicted octanol–water partition coefficient (Wildman–Crippen LogP) is 3.43. The van der Waals surface area contributed by atoms with Crippen molar-refractivity contribution in [1.82, 2.24) is 0 Å². The molecule has 0 bridgehead atoms. The fourth-order valence-electron chi connectivity index (χ4n) is 2.08. The SMILES string of the molecule is CCC(=O)CC1CC(C(C)(C)C)C1. The Morgan fingerprint density at radius 1 is 1.31 bits per heavy atom. The van der Waals surface area contributed by atoms with Crippen LogP contribution >= 0.6 is 0 Å². The molecule has 76 valence electrons. The van der Waals surface area contributed by atoms with E-state index in [1.807, 2.05) is 6.92 Å². The van der Waals surface area contributed by atoms with Gasteiger partial charge in [0.25, 0.3) is 0 Å². The van der Waals surface area contributed by atoms with Crippen molar-refractivity contribution in [3.63, 3.8) is 0 Å². The molecule has 0 saturated heterocycles. The van der Waals surface area contributed by atoms with E-state index in [2.05, 4.69) is 20.8 Å². The van der Waals surface area contributed by atoms with Gasteiger partial charge in [0, 0.05) is 12.8 Å². The van der Waals surface area contributed by atoms with E-state index in [-0.39, 0.29) is 0 Å². The maximum atomic E-state index is 11.2. The van der Waals surface area contributed by atoms with Crippen LogP contribution in [0.3, 0.4) is 0 Å². The zero-order chi connectivity index (χ0) is 10.1. The molecule has 13 heavy (non-hydrogen) atoms. The van der Waals surface area contributed by atoms with Crippen molar-refractivity contribution in [3.8, 4) is 0 Å². The van der Waals surface area contributed by atoms with E-state index in [9.17, 15) is 4.79 Å². The highest BCUT2D eigenvalue weighted by Gasteiger charge is 2.37. The third kappa shape index (κ3) is 2.82. The molecular formula is C12H22O. The third-order valence-corrected chi connectivity index (χ3v) is 3.37. The van der Waals surface area contributed by atoms with Gasteiger partial charge in [-0.2, -0.15) is 0 Å². The highest BCUT2D eigenvalue weighted by Crippen LogP contribution is 2.46. The van der Waals surface area contributed by atoms with Gasteiger partial charge in [-0.15, -0.1) is 0 Å². The first-order chi connectivity index (χ1) is 5.93. The number of hydrogen-bond acceptors (Lipinski definition) is 1. The first-order valence-corrected chi connectivity index (χ1v) is 5.45. The zero-order valence-electron chi connectivity index (χ0n) is 9.39. The Balaban J connectivity index is 2.22. The number of carbonyl (C=O) groups is 1. The summed E-state index contributed by atoms with van der Waals surface area (Å²) in [4.78, 5) is 11.2. The van der Waals surface area contributed by atoms with Crippen molar-refractivity contribution >= 4 is 5.78 Å². The van der Waals surface area contributed by atoms with E-state index in [0.717, 1.165) is 18.8 Å². The van der Waals surface area contributed by atoms with Gasteiger partial charge >= 0.3 is 0 Å². The van der Waals surface area contributed by atoms with E-state index >= 15 is 0 Å². The monoisotopic (exact) mass is 182 g/mol. The predicted molar refractivity (Wildman–Crippen MR) is 55.6 cm³/mol. The lowest BCUT2D eigenvalue weighted by atomic mass is 9.62. The smallest absolute Gasteiger partial charge is 0.132 e. The highest BCUT2D eigenvalue weighted by molar-refractivity contribution is 5.78. The number of rotatable bonds is 3. The van der Waals surface area contributed by atoms with E-state index in [4.69, 9.17) is 0 Å². The minimum atomic E-state index is 0.442. The van der Waals surface area contributed by atoms with Crippen molar-refractivity contribution in [2.75, 3.05) is 0 Å². The Kier molecular flexibility index (Phi) is 3.15. The van der Waals surface area contributed by atoms with Crippen LogP contribution in [0.15, 0.2) is 0 Å². The Morgan fingerprint density at radius 2 is 1.85 bits per heavy atom. The Morgan fingerprint density at radius 3 is 2.23 bits per heavy atom. The van der Waals surface area contributed by atoms with Crippen molar-refractivity contribution in [2.24, 2.45) is 17.3 Å². The van der Waals surface area contributed by atoms with Crippen LogP contribution in [-0.4, -0.2) is 5.78 Å². The number of Topliss-reactive ketones (excluding diaryl/α,β-unsaturated/α-hetero) is 1. The Hall–Kier alpha value is -0.330. The summed E-state index contributed by atoms with van der Waals surface area (Å²) >= 11 is 0. The van der Waals surface area contributed by atoms with Gasteiger partial charge in [-0.3, -0.25) is 4.79 Å². The molecule has 0 atom stereocenters. The van der Waals surface area contributed by atoms with E-state index < -0.39 is 0 Å². The summed E-state index contributed by atoms with van der Waals surface area (Å²) < 4.78 is 0. The van der Waals surface area contributed by atoms with Crippen molar-refractivity contribution < 1.29 is 4.79 Å². The van der Waals surface area contributed by atoms with Gasteiger partial charge in [-0.1, -0.05) is 27.7 Å². The topological polar surface area (TPSA) is 17.1 Å². The molecule has 0 N–H and O–H groups in total. The molecule has 1 rings (SSSR count). The standard InChI is InChI=1S/C12H22O/c1-5-11(13)8-9-6-10(7-9)12(2,3)4/h9-10H,5-8H2,1-4H3. The fourth-order valence-corrected chi connectivity index (χ4v) is 2.08. The van der Waals surface area contributed by atoms with Gasteiger partial charge < -0.3 is 0 Å². The Labute approximate surface area is 81.9 Å². The summed E-state index contributed by atoms with van der Waals surface area (Å²) in [5.74, 6) is 2.00. The summed E-state index contributed by atoms with van der Waals surface area (Å²) in [5, 5.41) is 0. The number of carbonyl (C=O) groups excluding carboxylic acids is 1. The molecule has 0 aromatic rings. The van der Waals surface area contributed by atoms with Gasteiger partial charge in [0.1, 0.15) is 5.78 Å². The molecule has 0 spiro atoms. The molecular weight excluding hydrogens is 160 g/mol. The summed E-state index contributed by atoms with van der Waals surface area (Å²) in [6.07, 6.45) is 4.10. The molecule has 1 fully saturated rings. The van der Waals surface area contributed by atoms with E-state index in [0.29, 0.717) is 17.1 Å². The molecule has 0 aromatic carbocycles. The van der Waals surface area contributed by atoms with Gasteiger partial charge in [-0.05, 0) is 30.1 Å². The van der Waals surface area contributed by atoms with Crippen LogP contribution in [0, 0.1) is 17.3 Å². The maximum Gasteiger partial charge on any atom is 0.132 e. The lowest BCUT2D eigenvalue weighted by Gasteiger charge is -2.43. The summed E-state index contributed by atoms with van der Waals surface area (Å²) in [5.41, 5.74) is 0.450. The molecule has 0 radical (unpaired) electrons. The van der Waals surface area contributed by atoms with Crippen LogP contribution in [0.2, 0.25) is 0 Å². The summed E-state index contributed by atoms with van der Waals surface area (Å²) in [7, 11) is 0.